The zero-order valence-corrected chi connectivity index (χ0v) is 10.5. The Bertz CT molecular complexity index is 607. The molecule has 1 aliphatic rings. The van der Waals surface area contributed by atoms with E-state index in [-0.39, 0.29) is 11.8 Å². The Labute approximate surface area is 104 Å². The fourth-order valence-electron chi connectivity index (χ4n) is 2.59. The molecule has 0 radical (unpaired) electrons. The van der Waals surface area contributed by atoms with Crippen molar-refractivity contribution in [2.45, 2.75) is 26.2 Å². The summed E-state index contributed by atoms with van der Waals surface area (Å²) in [6, 6.07) is 0. The molecule has 0 aromatic carbocycles. The Kier molecular flexibility index (Phi) is 2.26. The second kappa shape index (κ2) is 3.69. The van der Waals surface area contributed by atoms with E-state index in [0.717, 1.165) is 28.4 Å². The van der Waals surface area contributed by atoms with Crippen LogP contribution in [0.5, 0.6) is 0 Å². The number of anilines is 1. The highest BCUT2D eigenvalue weighted by atomic mass is 16.5. The molecular weight excluding hydrogens is 232 g/mol. The van der Waals surface area contributed by atoms with Crippen molar-refractivity contribution >= 4 is 11.7 Å². The van der Waals surface area contributed by atoms with Gasteiger partial charge in [0.15, 0.2) is 0 Å². The van der Waals surface area contributed by atoms with Crippen LogP contribution in [0.4, 0.5) is 5.82 Å². The summed E-state index contributed by atoms with van der Waals surface area (Å²) in [5.41, 5.74) is 2.85. The van der Waals surface area contributed by atoms with E-state index in [1.165, 1.54) is 0 Å². The average molecular weight is 246 g/mol. The molecule has 0 saturated heterocycles. The third-order valence-electron chi connectivity index (χ3n) is 3.43. The fraction of sp³-hybridized carbons (Fsp3) is 0.417. The van der Waals surface area contributed by atoms with Crippen LogP contribution in [0.25, 0.3) is 0 Å². The van der Waals surface area contributed by atoms with Crippen molar-refractivity contribution in [3.8, 4) is 0 Å². The molecule has 6 heteroatoms. The van der Waals surface area contributed by atoms with Crippen molar-refractivity contribution in [2.24, 2.45) is 7.05 Å². The van der Waals surface area contributed by atoms with E-state index in [2.05, 4.69) is 15.6 Å². The summed E-state index contributed by atoms with van der Waals surface area (Å²) < 4.78 is 6.87. The number of fused-ring (bicyclic) bond motifs is 1. The van der Waals surface area contributed by atoms with Crippen LogP contribution in [-0.2, 0) is 11.8 Å². The molecule has 0 saturated carbocycles. The molecule has 3 heterocycles. The number of rotatable bonds is 1. The molecule has 0 unspecified atom stereocenters. The molecule has 1 atom stereocenters. The van der Waals surface area contributed by atoms with E-state index in [0.29, 0.717) is 6.42 Å². The van der Waals surface area contributed by atoms with Gasteiger partial charge in [0, 0.05) is 30.5 Å². The van der Waals surface area contributed by atoms with Crippen LogP contribution in [0.1, 0.15) is 34.9 Å². The Balaban J connectivity index is 2.16. The standard InChI is InChI=1S/C12H14N4O2/c1-6-11(7(2)18-15-6)8-4-10(17)14-12-9(8)5-13-16(12)3/h5,8H,4H2,1-3H3,(H,14,17)/t8-/m1/s1. The lowest BCUT2D eigenvalue weighted by atomic mass is 9.86. The number of aromatic nitrogens is 3. The van der Waals surface area contributed by atoms with E-state index >= 15 is 0 Å². The highest BCUT2D eigenvalue weighted by Crippen LogP contribution is 2.39. The molecule has 0 bridgehead atoms. The Hall–Kier alpha value is -2.11. The molecule has 1 N–H and O–H groups in total. The van der Waals surface area contributed by atoms with Gasteiger partial charge in [-0.05, 0) is 13.8 Å². The van der Waals surface area contributed by atoms with Gasteiger partial charge in [-0.1, -0.05) is 5.16 Å². The second-order valence-electron chi connectivity index (χ2n) is 4.61. The predicted octanol–water partition coefficient (Wildman–Crippen LogP) is 1.50. The quantitative estimate of drug-likeness (QED) is 0.827. The molecule has 3 rings (SSSR count). The first kappa shape index (κ1) is 11.0. The van der Waals surface area contributed by atoms with Gasteiger partial charge >= 0.3 is 0 Å². The monoisotopic (exact) mass is 246 g/mol. The summed E-state index contributed by atoms with van der Waals surface area (Å²) in [4.78, 5) is 11.8. The third kappa shape index (κ3) is 1.45. The van der Waals surface area contributed by atoms with Crippen molar-refractivity contribution in [3.05, 3.63) is 28.8 Å². The molecule has 0 spiro atoms. The van der Waals surface area contributed by atoms with Crippen molar-refractivity contribution in [2.75, 3.05) is 5.32 Å². The van der Waals surface area contributed by atoms with E-state index in [4.69, 9.17) is 4.52 Å². The first-order chi connectivity index (χ1) is 8.58. The molecule has 2 aromatic heterocycles. The van der Waals surface area contributed by atoms with Crippen molar-refractivity contribution < 1.29 is 9.32 Å². The Morgan fingerprint density at radius 2 is 2.28 bits per heavy atom. The van der Waals surface area contributed by atoms with Gasteiger partial charge < -0.3 is 9.84 Å². The summed E-state index contributed by atoms with van der Waals surface area (Å²) in [7, 11) is 1.81. The highest BCUT2D eigenvalue weighted by Gasteiger charge is 2.32. The molecular formula is C12H14N4O2. The van der Waals surface area contributed by atoms with Crippen LogP contribution < -0.4 is 5.32 Å². The summed E-state index contributed by atoms with van der Waals surface area (Å²) >= 11 is 0. The first-order valence-electron chi connectivity index (χ1n) is 5.82. The van der Waals surface area contributed by atoms with Gasteiger partial charge in [0.2, 0.25) is 5.91 Å². The minimum Gasteiger partial charge on any atom is -0.361 e. The number of carbonyl (C=O) groups excluding carboxylic acids is 1. The lowest BCUT2D eigenvalue weighted by Gasteiger charge is -2.22. The van der Waals surface area contributed by atoms with E-state index in [1.54, 1.807) is 10.9 Å². The molecule has 1 amide bonds. The maximum Gasteiger partial charge on any atom is 0.226 e. The van der Waals surface area contributed by atoms with Crippen LogP contribution in [0.15, 0.2) is 10.7 Å². The molecule has 1 aliphatic heterocycles. The van der Waals surface area contributed by atoms with Crippen LogP contribution in [0, 0.1) is 13.8 Å². The molecule has 0 fully saturated rings. The molecule has 2 aromatic rings. The van der Waals surface area contributed by atoms with Gasteiger partial charge in [0.25, 0.3) is 0 Å². The third-order valence-corrected chi connectivity index (χ3v) is 3.43. The summed E-state index contributed by atoms with van der Waals surface area (Å²) in [5, 5.41) is 11.0. The first-order valence-corrected chi connectivity index (χ1v) is 5.82. The maximum absolute atomic E-state index is 11.8. The molecule has 94 valence electrons. The minimum atomic E-state index is -0.0197. The smallest absolute Gasteiger partial charge is 0.226 e. The number of amides is 1. The van der Waals surface area contributed by atoms with Gasteiger partial charge in [0.1, 0.15) is 11.6 Å². The zero-order chi connectivity index (χ0) is 12.9. The lowest BCUT2D eigenvalue weighted by molar-refractivity contribution is -0.116. The summed E-state index contributed by atoms with van der Waals surface area (Å²) in [5.74, 6) is 1.50. The fourth-order valence-corrected chi connectivity index (χ4v) is 2.59. The SMILES string of the molecule is Cc1noc(C)c1[C@@H]1CC(=O)Nc2c1cnn2C. The van der Waals surface area contributed by atoms with Crippen LogP contribution in [0.3, 0.4) is 0 Å². The van der Waals surface area contributed by atoms with Gasteiger partial charge in [-0.2, -0.15) is 5.10 Å². The minimum absolute atomic E-state index is 0.00361. The van der Waals surface area contributed by atoms with Crippen molar-refractivity contribution in [1.82, 2.24) is 14.9 Å². The largest absolute Gasteiger partial charge is 0.361 e. The van der Waals surface area contributed by atoms with E-state index < -0.39 is 0 Å². The number of hydrogen-bond donors (Lipinski definition) is 1. The van der Waals surface area contributed by atoms with Crippen LogP contribution in [0.2, 0.25) is 0 Å². The van der Waals surface area contributed by atoms with E-state index in [1.807, 2.05) is 20.9 Å². The maximum atomic E-state index is 11.8. The Morgan fingerprint density at radius 3 is 2.94 bits per heavy atom. The summed E-state index contributed by atoms with van der Waals surface area (Å²) in [6.07, 6.45) is 2.20. The molecule has 0 aliphatic carbocycles. The summed E-state index contributed by atoms with van der Waals surface area (Å²) in [6.45, 7) is 3.77. The van der Waals surface area contributed by atoms with Gasteiger partial charge in [-0.3, -0.25) is 9.48 Å². The average Bonchev–Trinajstić information content (AvgIpc) is 2.84. The number of aryl methyl sites for hydroxylation is 3. The number of nitrogens with one attached hydrogen (secondary N) is 1. The van der Waals surface area contributed by atoms with Crippen molar-refractivity contribution in [3.63, 3.8) is 0 Å². The normalized spacial score (nSPS) is 18.6. The van der Waals surface area contributed by atoms with Crippen molar-refractivity contribution in [1.29, 1.82) is 0 Å². The van der Waals surface area contributed by atoms with Crippen LogP contribution >= 0.6 is 0 Å². The van der Waals surface area contributed by atoms with Gasteiger partial charge in [-0.25, -0.2) is 0 Å². The number of hydrogen-bond acceptors (Lipinski definition) is 4. The lowest BCUT2D eigenvalue weighted by Crippen LogP contribution is -2.24. The van der Waals surface area contributed by atoms with E-state index in [9.17, 15) is 4.79 Å². The topological polar surface area (TPSA) is 73.0 Å². The number of carbonyl (C=O) groups is 1. The zero-order valence-electron chi connectivity index (χ0n) is 10.5. The van der Waals surface area contributed by atoms with Gasteiger partial charge in [-0.15, -0.1) is 0 Å². The number of nitrogens with zero attached hydrogens (tertiary/aromatic N) is 3. The molecule has 6 nitrogen and oxygen atoms in total. The van der Waals surface area contributed by atoms with Crippen LogP contribution in [-0.4, -0.2) is 20.8 Å². The highest BCUT2D eigenvalue weighted by molar-refractivity contribution is 5.94. The second-order valence-corrected chi connectivity index (χ2v) is 4.61. The Morgan fingerprint density at radius 1 is 1.50 bits per heavy atom. The molecule has 18 heavy (non-hydrogen) atoms. The van der Waals surface area contributed by atoms with Gasteiger partial charge in [0.05, 0.1) is 11.9 Å². The predicted molar refractivity (Wildman–Crippen MR) is 64.3 cm³/mol.